The summed E-state index contributed by atoms with van der Waals surface area (Å²) in [5.41, 5.74) is 5.55. The second-order valence-electron chi connectivity index (χ2n) is 5.51. The van der Waals surface area contributed by atoms with E-state index < -0.39 is 0 Å². The fraction of sp³-hybridized carbons (Fsp3) is 0.667. The molecule has 112 valence electrons. The molecule has 1 aliphatic heterocycles. The minimum Gasteiger partial charge on any atom is -0.341 e. The molecule has 0 aromatic carbocycles. The van der Waals surface area contributed by atoms with Crippen LogP contribution in [0.4, 0.5) is 0 Å². The summed E-state index contributed by atoms with van der Waals surface area (Å²) in [4.78, 5) is 18.2. The largest absolute Gasteiger partial charge is 0.341 e. The summed E-state index contributed by atoms with van der Waals surface area (Å²) in [5, 5.41) is 2.12. The van der Waals surface area contributed by atoms with Crippen molar-refractivity contribution in [2.24, 2.45) is 11.7 Å². The van der Waals surface area contributed by atoms with Crippen molar-refractivity contribution in [2.45, 2.75) is 26.3 Å². The van der Waals surface area contributed by atoms with Crippen molar-refractivity contribution in [3.8, 4) is 0 Å². The summed E-state index contributed by atoms with van der Waals surface area (Å²) >= 11 is 1.81. The molecular formula is C15H25N3OS. The third kappa shape index (κ3) is 4.30. The maximum Gasteiger partial charge on any atom is 0.225 e. The van der Waals surface area contributed by atoms with E-state index in [0.29, 0.717) is 6.54 Å². The Hall–Kier alpha value is -0.910. The Labute approximate surface area is 125 Å². The number of amides is 1. The van der Waals surface area contributed by atoms with Crippen LogP contribution in [-0.2, 0) is 11.3 Å². The van der Waals surface area contributed by atoms with Crippen LogP contribution in [0.5, 0.6) is 0 Å². The Balaban J connectivity index is 1.84. The lowest BCUT2D eigenvalue weighted by molar-refractivity contribution is -0.135. The first kappa shape index (κ1) is 15.5. The molecule has 1 amide bonds. The van der Waals surface area contributed by atoms with Gasteiger partial charge in [0.05, 0.1) is 0 Å². The molecule has 0 saturated carbocycles. The summed E-state index contributed by atoms with van der Waals surface area (Å²) in [6.07, 6.45) is 1.85. The van der Waals surface area contributed by atoms with E-state index in [4.69, 9.17) is 5.73 Å². The van der Waals surface area contributed by atoms with Gasteiger partial charge in [-0.05, 0) is 30.8 Å². The Bertz CT molecular complexity index is 407. The lowest BCUT2D eigenvalue weighted by atomic mass is 10.1. The smallest absolute Gasteiger partial charge is 0.225 e. The van der Waals surface area contributed by atoms with Gasteiger partial charge in [0.1, 0.15) is 0 Å². The normalized spacial score (nSPS) is 18.8. The Kier molecular flexibility index (Phi) is 6.01. The first-order valence-electron chi connectivity index (χ1n) is 7.44. The molecule has 1 aromatic heterocycles. The van der Waals surface area contributed by atoms with E-state index in [0.717, 1.165) is 45.6 Å². The van der Waals surface area contributed by atoms with Crippen molar-refractivity contribution >= 4 is 17.2 Å². The third-order valence-corrected chi connectivity index (χ3v) is 4.74. The zero-order valence-electron chi connectivity index (χ0n) is 12.3. The van der Waals surface area contributed by atoms with Crippen molar-refractivity contribution in [1.82, 2.24) is 9.80 Å². The monoisotopic (exact) mass is 295 g/mol. The minimum absolute atomic E-state index is 0.0591. The van der Waals surface area contributed by atoms with Gasteiger partial charge in [0.15, 0.2) is 0 Å². The van der Waals surface area contributed by atoms with Gasteiger partial charge in [0.2, 0.25) is 5.91 Å². The van der Waals surface area contributed by atoms with Crippen LogP contribution in [0.25, 0.3) is 0 Å². The molecular weight excluding hydrogens is 270 g/mol. The van der Waals surface area contributed by atoms with Gasteiger partial charge in [-0.1, -0.05) is 13.0 Å². The second-order valence-corrected chi connectivity index (χ2v) is 6.54. The molecule has 5 heteroatoms. The third-order valence-electron chi connectivity index (χ3n) is 3.88. The van der Waals surface area contributed by atoms with Crippen molar-refractivity contribution in [1.29, 1.82) is 0 Å². The summed E-state index contributed by atoms with van der Waals surface area (Å²) in [6.45, 7) is 7.37. The molecule has 1 saturated heterocycles. The van der Waals surface area contributed by atoms with Gasteiger partial charge >= 0.3 is 0 Å². The molecule has 1 aromatic rings. The molecule has 4 nitrogen and oxygen atoms in total. The number of rotatable bonds is 5. The molecule has 2 N–H and O–H groups in total. The van der Waals surface area contributed by atoms with E-state index in [1.807, 2.05) is 11.8 Å². The van der Waals surface area contributed by atoms with E-state index >= 15 is 0 Å². The molecule has 0 radical (unpaired) electrons. The van der Waals surface area contributed by atoms with Crippen molar-refractivity contribution in [3.63, 3.8) is 0 Å². The molecule has 20 heavy (non-hydrogen) atoms. The summed E-state index contributed by atoms with van der Waals surface area (Å²) < 4.78 is 0. The van der Waals surface area contributed by atoms with Crippen molar-refractivity contribution in [2.75, 3.05) is 32.7 Å². The highest BCUT2D eigenvalue weighted by molar-refractivity contribution is 7.09. The van der Waals surface area contributed by atoms with Crippen molar-refractivity contribution in [3.05, 3.63) is 22.4 Å². The first-order chi connectivity index (χ1) is 9.70. The molecule has 2 rings (SSSR count). The molecule has 2 heterocycles. The van der Waals surface area contributed by atoms with Gasteiger partial charge in [0.25, 0.3) is 0 Å². The highest BCUT2D eigenvalue weighted by atomic mass is 32.1. The number of hydrogen-bond donors (Lipinski definition) is 1. The lowest BCUT2D eigenvalue weighted by Gasteiger charge is -2.24. The van der Waals surface area contributed by atoms with Crippen LogP contribution in [0.2, 0.25) is 0 Å². The zero-order chi connectivity index (χ0) is 14.4. The van der Waals surface area contributed by atoms with E-state index in [-0.39, 0.29) is 11.8 Å². The summed E-state index contributed by atoms with van der Waals surface area (Å²) in [7, 11) is 0. The molecule has 0 spiro atoms. The number of nitrogens with zero attached hydrogens (tertiary/aromatic N) is 2. The van der Waals surface area contributed by atoms with Crippen LogP contribution in [0.1, 0.15) is 24.6 Å². The fourth-order valence-corrected chi connectivity index (χ4v) is 3.40. The van der Waals surface area contributed by atoms with Gasteiger partial charge in [-0.25, -0.2) is 0 Å². The Morgan fingerprint density at radius 2 is 2.25 bits per heavy atom. The van der Waals surface area contributed by atoms with Gasteiger partial charge in [-0.3, -0.25) is 9.69 Å². The average molecular weight is 295 g/mol. The van der Waals surface area contributed by atoms with Crippen LogP contribution < -0.4 is 5.73 Å². The van der Waals surface area contributed by atoms with E-state index in [1.54, 1.807) is 11.3 Å². The van der Waals surface area contributed by atoms with Gasteiger partial charge in [-0.15, -0.1) is 11.3 Å². The lowest BCUT2D eigenvalue weighted by Crippen LogP contribution is -2.38. The van der Waals surface area contributed by atoms with Crippen LogP contribution in [-0.4, -0.2) is 48.4 Å². The van der Waals surface area contributed by atoms with Crippen LogP contribution >= 0.6 is 11.3 Å². The molecule has 1 unspecified atom stereocenters. The Morgan fingerprint density at radius 1 is 1.40 bits per heavy atom. The molecule has 0 bridgehead atoms. The minimum atomic E-state index is 0.0591. The molecule has 1 aliphatic rings. The summed E-state index contributed by atoms with van der Waals surface area (Å²) in [6, 6.07) is 4.28. The number of nitrogens with two attached hydrogens (primary N) is 1. The SMILES string of the molecule is CC(CCN)C(=O)N1CCCN(Cc2cccs2)CC1. The maximum absolute atomic E-state index is 12.3. The second kappa shape index (κ2) is 7.76. The standard InChI is InChI=1S/C15H25N3OS/c1-13(5-6-16)15(19)18-8-3-7-17(9-10-18)12-14-4-2-11-20-14/h2,4,11,13H,3,5-10,12,16H2,1H3. The highest BCUT2D eigenvalue weighted by Crippen LogP contribution is 2.15. The number of carbonyl (C=O) groups excluding carboxylic acids is 1. The predicted molar refractivity (Wildman–Crippen MR) is 83.6 cm³/mol. The molecule has 0 aliphatic carbocycles. The molecule has 1 atom stereocenters. The predicted octanol–water partition coefficient (Wildman–Crippen LogP) is 1.77. The number of carbonyl (C=O) groups is 1. The summed E-state index contributed by atoms with van der Waals surface area (Å²) in [5.74, 6) is 0.331. The van der Waals surface area contributed by atoms with Gasteiger partial charge < -0.3 is 10.6 Å². The van der Waals surface area contributed by atoms with Crippen LogP contribution in [0.3, 0.4) is 0 Å². The maximum atomic E-state index is 12.3. The van der Waals surface area contributed by atoms with E-state index in [9.17, 15) is 4.79 Å². The first-order valence-corrected chi connectivity index (χ1v) is 8.32. The fourth-order valence-electron chi connectivity index (χ4n) is 2.66. The number of thiophene rings is 1. The quantitative estimate of drug-likeness (QED) is 0.900. The van der Waals surface area contributed by atoms with Crippen molar-refractivity contribution < 1.29 is 4.79 Å². The zero-order valence-corrected chi connectivity index (χ0v) is 13.1. The van der Waals surface area contributed by atoms with Gasteiger partial charge in [-0.2, -0.15) is 0 Å². The highest BCUT2D eigenvalue weighted by Gasteiger charge is 2.22. The average Bonchev–Trinajstić information content (AvgIpc) is 2.83. The van der Waals surface area contributed by atoms with Crippen LogP contribution in [0.15, 0.2) is 17.5 Å². The number of hydrogen-bond acceptors (Lipinski definition) is 4. The van der Waals surface area contributed by atoms with E-state index in [1.165, 1.54) is 4.88 Å². The van der Waals surface area contributed by atoms with E-state index in [2.05, 4.69) is 22.4 Å². The topological polar surface area (TPSA) is 49.6 Å². The van der Waals surface area contributed by atoms with Crippen LogP contribution in [0, 0.1) is 5.92 Å². The Morgan fingerprint density at radius 3 is 2.95 bits per heavy atom. The van der Waals surface area contributed by atoms with Gasteiger partial charge in [0, 0.05) is 43.5 Å². The molecule has 1 fully saturated rings.